The fourth-order valence-electron chi connectivity index (χ4n) is 1.42. The molecular formula is C10H19N3O2S. The van der Waals surface area contributed by atoms with Crippen molar-refractivity contribution in [2.75, 3.05) is 18.1 Å². The molecule has 2 N–H and O–H groups in total. The highest BCUT2D eigenvalue weighted by Gasteiger charge is 2.06. The molecule has 0 atom stereocenters. The van der Waals surface area contributed by atoms with Gasteiger partial charge in [0.05, 0.1) is 17.8 Å². The highest BCUT2D eigenvalue weighted by atomic mass is 32.2. The minimum absolute atomic E-state index is 0.218. The van der Waals surface area contributed by atoms with Crippen LogP contribution in [-0.2, 0) is 22.8 Å². The summed E-state index contributed by atoms with van der Waals surface area (Å²) < 4.78 is 24.4. The Bertz CT molecular complexity index is 411. The monoisotopic (exact) mass is 245 g/mol. The number of aryl methyl sites for hydroxylation is 1. The molecule has 0 saturated carbocycles. The van der Waals surface area contributed by atoms with Crippen LogP contribution in [-0.4, -0.2) is 36.0 Å². The number of nitrogens with two attached hydrogens (primary N) is 1. The average Bonchev–Trinajstić information content (AvgIpc) is 2.66. The van der Waals surface area contributed by atoms with Crippen LogP contribution in [0.15, 0.2) is 12.5 Å². The first-order valence-corrected chi connectivity index (χ1v) is 7.30. The summed E-state index contributed by atoms with van der Waals surface area (Å²) in [5.74, 6) is 0.462. The molecule has 1 rings (SSSR count). The van der Waals surface area contributed by atoms with Crippen molar-refractivity contribution in [2.24, 2.45) is 5.73 Å². The molecule has 1 heterocycles. The zero-order chi connectivity index (χ0) is 12.0. The number of aromatic nitrogens is 2. The van der Waals surface area contributed by atoms with E-state index >= 15 is 0 Å². The molecule has 16 heavy (non-hydrogen) atoms. The van der Waals surface area contributed by atoms with Gasteiger partial charge in [0.15, 0.2) is 0 Å². The third kappa shape index (κ3) is 4.32. The summed E-state index contributed by atoms with van der Waals surface area (Å²) in [5.41, 5.74) is 6.38. The van der Waals surface area contributed by atoms with Crippen molar-refractivity contribution in [2.45, 2.75) is 26.3 Å². The molecule has 0 aliphatic rings. The quantitative estimate of drug-likeness (QED) is 0.745. The van der Waals surface area contributed by atoms with Gasteiger partial charge in [0.2, 0.25) is 0 Å². The molecular weight excluding hydrogens is 226 g/mol. The number of hydrogen-bond donors (Lipinski definition) is 1. The summed E-state index contributed by atoms with van der Waals surface area (Å²) in [6, 6.07) is 0. The highest BCUT2D eigenvalue weighted by molar-refractivity contribution is 7.91. The predicted molar refractivity (Wildman–Crippen MR) is 63.9 cm³/mol. The maximum Gasteiger partial charge on any atom is 0.150 e. The van der Waals surface area contributed by atoms with Gasteiger partial charge >= 0.3 is 0 Å². The molecule has 0 unspecified atom stereocenters. The van der Waals surface area contributed by atoms with Gasteiger partial charge in [-0.15, -0.1) is 0 Å². The van der Waals surface area contributed by atoms with Gasteiger partial charge in [0, 0.05) is 24.9 Å². The van der Waals surface area contributed by atoms with Gasteiger partial charge in [0.25, 0.3) is 0 Å². The van der Waals surface area contributed by atoms with Crippen molar-refractivity contribution >= 4 is 9.84 Å². The molecule has 0 fully saturated rings. The number of nitrogens with zero attached hydrogens (tertiary/aromatic N) is 2. The van der Waals surface area contributed by atoms with E-state index in [9.17, 15) is 8.42 Å². The lowest BCUT2D eigenvalue weighted by molar-refractivity contribution is 0.587. The highest BCUT2D eigenvalue weighted by Crippen LogP contribution is 2.00. The Morgan fingerprint density at radius 3 is 2.88 bits per heavy atom. The van der Waals surface area contributed by atoms with Gasteiger partial charge in [0.1, 0.15) is 9.84 Å². The van der Waals surface area contributed by atoms with Gasteiger partial charge < -0.3 is 10.3 Å². The van der Waals surface area contributed by atoms with Crippen molar-refractivity contribution in [3.63, 3.8) is 0 Å². The van der Waals surface area contributed by atoms with E-state index in [4.69, 9.17) is 5.73 Å². The normalized spacial score (nSPS) is 11.9. The smallest absolute Gasteiger partial charge is 0.150 e. The molecule has 1 aromatic heterocycles. The standard InChI is InChI=1S/C10H19N3O2S/c1-2-16(14,15)7-3-6-13-8-10(4-5-11)12-9-13/h8-9H,2-7,11H2,1H3. The number of rotatable bonds is 7. The van der Waals surface area contributed by atoms with Crippen LogP contribution in [0.25, 0.3) is 0 Å². The molecule has 1 aromatic rings. The van der Waals surface area contributed by atoms with E-state index < -0.39 is 9.84 Å². The van der Waals surface area contributed by atoms with Crippen molar-refractivity contribution in [1.29, 1.82) is 0 Å². The number of hydrogen-bond acceptors (Lipinski definition) is 4. The zero-order valence-electron chi connectivity index (χ0n) is 9.59. The molecule has 92 valence electrons. The molecule has 0 aliphatic carbocycles. The summed E-state index contributed by atoms with van der Waals surface area (Å²) in [6.45, 7) is 2.95. The van der Waals surface area contributed by atoms with Crippen LogP contribution in [0.2, 0.25) is 0 Å². The van der Waals surface area contributed by atoms with Crippen LogP contribution < -0.4 is 5.73 Å². The second-order valence-corrected chi connectivity index (χ2v) is 6.20. The minimum atomic E-state index is -2.85. The summed E-state index contributed by atoms with van der Waals surface area (Å²) in [7, 11) is -2.85. The molecule has 0 amide bonds. The van der Waals surface area contributed by atoms with Crippen LogP contribution in [0.4, 0.5) is 0 Å². The van der Waals surface area contributed by atoms with Crippen LogP contribution in [0, 0.1) is 0 Å². The second kappa shape index (κ2) is 6.00. The van der Waals surface area contributed by atoms with Gasteiger partial charge in [-0.1, -0.05) is 6.92 Å². The van der Waals surface area contributed by atoms with Crippen LogP contribution in [0.1, 0.15) is 19.0 Å². The summed E-state index contributed by atoms with van der Waals surface area (Å²) in [4.78, 5) is 4.17. The summed E-state index contributed by atoms with van der Waals surface area (Å²) >= 11 is 0. The third-order valence-electron chi connectivity index (χ3n) is 2.40. The Morgan fingerprint density at radius 1 is 1.50 bits per heavy atom. The SMILES string of the molecule is CCS(=O)(=O)CCCn1cnc(CCN)c1. The molecule has 0 spiro atoms. The largest absolute Gasteiger partial charge is 0.337 e. The Kier molecular flexibility index (Phi) is 4.95. The zero-order valence-corrected chi connectivity index (χ0v) is 10.4. The second-order valence-electron chi connectivity index (χ2n) is 3.73. The third-order valence-corrected chi connectivity index (χ3v) is 4.19. The van der Waals surface area contributed by atoms with E-state index in [0.717, 1.165) is 12.1 Å². The molecule has 0 radical (unpaired) electrons. The average molecular weight is 245 g/mol. The van der Waals surface area contributed by atoms with Gasteiger partial charge in [-0.25, -0.2) is 13.4 Å². The first kappa shape index (κ1) is 13.2. The van der Waals surface area contributed by atoms with Gasteiger partial charge in [-0.05, 0) is 13.0 Å². The Hall–Kier alpha value is -0.880. The first-order valence-electron chi connectivity index (χ1n) is 5.48. The van der Waals surface area contributed by atoms with Crippen LogP contribution in [0.3, 0.4) is 0 Å². The Balaban J connectivity index is 2.37. The van der Waals surface area contributed by atoms with Crippen LogP contribution in [0.5, 0.6) is 0 Å². The first-order chi connectivity index (χ1) is 7.57. The lowest BCUT2D eigenvalue weighted by Gasteiger charge is -2.02. The van der Waals surface area contributed by atoms with E-state index in [1.807, 2.05) is 10.8 Å². The maximum atomic E-state index is 11.3. The predicted octanol–water partition coefficient (Wildman–Crippen LogP) is 0.209. The van der Waals surface area contributed by atoms with Gasteiger partial charge in [-0.2, -0.15) is 0 Å². The van der Waals surface area contributed by atoms with E-state index in [0.29, 0.717) is 19.5 Å². The Morgan fingerprint density at radius 2 is 2.25 bits per heavy atom. The number of imidazole rings is 1. The molecule has 0 aromatic carbocycles. The lowest BCUT2D eigenvalue weighted by Crippen LogP contribution is -2.10. The molecule has 6 heteroatoms. The fourth-order valence-corrected chi connectivity index (χ4v) is 2.27. The van der Waals surface area contributed by atoms with E-state index in [1.54, 1.807) is 13.3 Å². The Labute approximate surface area is 96.6 Å². The summed E-state index contributed by atoms with van der Waals surface area (Å²) in [6.07, 6.45) is 5.05. The molecule has 0 aliphatic heterocycles. The molecule has 5 nitrogen and oxygen atoms in total. The fraction of sp³-hybridized carbons (Fsp3) is 0.700. The van der Waals surface area contributed by atoms with Crippen molar-refractivity contribution < 1.29 is 8.42 Å². The van der Waals surface area contributed by atoms with E-state index in [2.05, 4.69) is 4.98 Å². The molecule has 0 bridgehead atoms. The van der Waals surface area contributed by atoms with Crippen LogP contribution >= 0.6 is 0 Å². The van der Waals surface area contributed by atoms with Gasteiger partial charge in [-0.3, -0.25) is 0 Å². The van der Waals surface area contributed by atoms with E-state index in [-0.39, 0.29) is 11.5 Å². The minimum Gasteiger partial charge on any atom is -0.337 e. The number of sulfone groups is 1. The molecule has 0 saturated heterocycles. The van der Waals surface area contributed by atoms with Crippen molar-refractivity contribution in [3.8, 4) is 0 Å². The van der Waals surface area contributed by atoms with Crippen molar-refractivity contribution in [1.82, 2.24) is 9.55 Å². The maximum absolute atomic E-state index is 11.3. The summed E-state index contributed by atoms with van der Waals surface area (Å²) in [5, 5.41) is 0. The topological polar surface area (TPSA) is 78.0 Å². The van der Waals surface area contributed by atoms with Crippen molar-refractivity contribution in [3.05, 3.63) is 18.2 Å². The van der Waals surface area contributed by atoms with E-state index in [1.165, 1.54) is 0 Å². The lowest BCUT2D eigenvalue weighted by atomic mass is 10.3.